The Morgan fingerprint density at radius 1 is 1.40 bits per heavy atom. The van der Waals surface area contributed by atoms with Gasteiger partial charge < -0.3 is 10.6 Å². The molecule has 7 nitrogen and oxygen atoms in total. The predicted octanol–water partition coefficient (Wildman–Crippen LogP) is 1.16. The normalized spacial score (nSPS) is 14.1. The fraction of sp³-hybridized carbons (Fsp3) is 0.444. The lowest BCUT2D eigenvalue weighted by molar-refractivity contribution is -0.120. The zero-order valence-corrected chi connectivity index (χ0v) is 14.3. The highest BCUT2D eigenvalue weighted by Gasteiger charge is 2.18. The molecule has 2 N–H and O–H groups in total. The van der Waals surface area contributed by atoms with E-state index in [1.165, 1.54) is 12.8 Å². The van der Waals surface area contributed by atoms with Gasteiger partial charge in [-0.25, -0.2) is 0 Å². The molecule has 0 unspecified atom stereocenters. The van der Waals surface area contributed by atoms with Crippen molar-refractivity contribution >= 4 is 12.1 Å². The van der Waals surface area contributed by atoms with Crippen molar-refractivity contribution < 1.29 is 4.79 Å². The molecule has 7 heteroatoms. The van der Waals surface area contributed by atoms with Crippen molar-refractivity contribution in [2.75, 3.05) is 13.1 Å². The number of aliphatic imine (C=N–C) groups is 1. The zero-order valence-electron chi connectivity index (χ0n) is 14.3. The number of aryl methyl sites for hydroxylation is 1. The van der Waals surface area contributed by atoms with Crippen LogP contribution >= 0.6 is 0 Å². The van der Waals surface area contributed by atoms with Crippen molar-refractivity contribution in [3.63, 3.8) is 0 Å². The Labute approximate surface area is 147 Å². The van der Waals surface area contributed by atoms with Gasteiger partial charge in [-0.15, -0.1) is 0 Å². The van der Waals surface area contributed by atoms with E-state index in [1.807, 2.05) is 35.3 Å². The van der Waals surface area contributed by atoms with Gasteiger partial charge in [0.05, 0.1) is 18.3 Å². The summed E-state index contributed by atoms with van der Waals surface area (Å²) >= 11 is 0. The Balaban J connectivity index is 1.30. The van der Waals surface area contributed by atoms with Gasteiger partial charge in [0.1, 0.15) is 0 Å². The molecule has 1 fully saturated rings. The summed E-state index contributed by atoms with van der Waals surface area (Å²) in [5.41, 5.74) is 1.97. The molecule has 25 heavy (non-hydrogen) atoms. The third-order valence-corrected chi connectivity index (χ3v) is 3.86. The van der Waals surface area contributed by atoms with Gasteiger partial charge in [-0.1, -0.05) is 0 Å². The lowest BCUT2D eigenvalue weighted by atomic mass is 10.2. The molecule has 0 bridgehead atoms. The lowest BCUT2D eigenvalue weighted by Gasteiger charge is -2.07. The molecule has 2 aromatic heterocycles. The van der Waals surface area contributed by atoms with Crippen molar-refractivity contribution in [2.24, 2.45) is 4.99 Å². The number of hydrogen-bond acceptors (Lipinski definition) is 5. The summed E-state index contributed by atoms with van der Waals surface area (Å²) in [5.74, 6) is -0.00749. The minimum Gasteiger partial charge on any atom is -0.355 e. The summed E-state index contributed by atoms with van der Waals surface area (Å²) in [6.45, 7) is 2.29. The molecule has 0 aliphatic heterocycles. The van der Waals surface area contributed by atoms with Gasteiger partial charge in [-0.2, -0.15) is 5.10 Å². The maximum absolute atomic E-state index is 11.8. The molecule has 1 aliphatic rings. The number of hydrogen-bond donors (Lipinski definition) is 2. The summed E-state index contributed by atoms with van der Waals surface area (Å²) in [6.07, 6.45) is 10.6. The zero-order chi connectivity index (χ0) is 17.3. The van der Waals surface area contributed by atoms with Crippen LogP contribution in [0.1, 0.15) is 30.5 Å². The van der Waals surface area contributed by atoms with Gasteiger partial charge in [0.15, 0.2) is 0 Å². The molecule has 132 valence electrons. The van der Waals surface area contributed by atoms with E-state index >= 15 is 0 Å². The maximum Gasteiger partial charge on any atom is 0.233 e. The van der Waals surface area contributed by atoms with Crippen LogP contribution in [0.25, 0.3) is 0 Å². The number of aromatic nitrogens is 3. The van der Waals surface area contributed by atoms with Crippen molar-refractivity contribution in [3.05, 3.63) is 48.0 Å². The van der Waals surface area contributed by atoms with Crippen molar-refractivity contribution in [3.8, 4) is 0 Å². The average molecular weight is 340 g/mol. The van der Waals surface area contributed by atoms with Gasteiger partial charge in [-0.3, -0.25) is 19.5 Å². The van der Waals surface area contributed by atoms with E-state index in [0.717, 1.165) is 24.2 Å². The van der Waals surface area contributed by atoms with Gasteiger partial charge in [0, 0.05) is 44.4 Å². The minimum atomic E-state index is -0.00749. The molecule has 0 atom stereocenters. The Kier molecular flexibility index (Phi) is 6.28. The first-order chi connectivity index (χ1) is 12.3. The van der Waals surface area contributed by atoms with Gasteiger partial charge in [0.2, 0.25) is 5.91 Å². The largest absolute Gasteiger partial charge is 0.355 e. The van der Waals surface area contributed by atoms with Crippen molar-refractivity contribution in [1.29, 1.82) is 0 Å². The molecule has 0 radical (unpaired) electrons. The Hall–Kier alpha value is -2.54. The number of carbonyl (C=O) groups excluding carboxylic acids is 1. The molecule has 1 saturated carbocycles. The molecule has 0 spiro atoms. The molecular formula is C18H24N6O. The SMILES string of the molecule is O=C(CNCc1cc(/C=N/C2CC2)ccn1)NCCCn1cccn1. The fourth-order valence-electron chi connectivity index (χ4n) is 2.36. The quantitative estimate of drug-likeness (QED) is 0.502. The highest BCUT2D eigenvalue weighted by molar-refractivity contribution is 5.80. The van der Waals surface area contributed by atoms with Crippen LogP contribution in [0.5, 0.6) is 0 Å². The summed E-state index contributed by atoms with van der Waals surface area (Å²) in [7, 11) is 0. The highest BCUT2D eigenvalue weighted by atomic mass is 16.1. The average Bonchev–Trinajstić information content (AvgIpc) is 3.31. The smallest absolute Gasteiger partial charge is 0.233 e. The predicted molar refractivity (Wildman–Crippen MR) is 96.4 cm³/mol. The number of carbonyl (C=O) groups is 1. The van der Waals surface area contributed by atoms with Crippen LogP contribution in [-0.4, -0.2) is 46.0 Å². The van der Waals surface area contributed by atoms with Crippen LogP contribution in [0.15, 0.2) is 41.8 Å². The lowest BCUT2D eigenvalue weighted by Crippen LogP contribution is -2.34. The van der Waals surface area contributed by atoms with E-state index in [-0.39, 0.29) is 12.5 Å². The maximum atomic E-state index is 11.8. The number of rotatable bonds is 10. The summed E-state index contributed by atoms with van der Waals surface area (Å²) in [6, 6.07) is 6.36. The van der Waals surface area contributed by atoms with E-state index < -0.39 is 0 Å². The second-order valence-corrected chi connectivity index (χ2v) is 6.17. The first-order valence-electron chi connectivity index (χ1n) is 8.72. The highest BCUT2D eigenvalue weighted by Crippen LogP contribution is 2.23. The molecule has 0 aromatic carbocycles. The van der Waals surface area contributed by atoms with E-state index in [9.17, 15) is 4.79 Å². The Bertz CT molecular complexity index is 693. The first-order valence-corrected chi connectivity index (χ1v) is 8.72. The molecule has 1 aliphatic carbocycles. The van der Waals surface area contributed by atoms with E-state index in [1.54, 1.807) is 12.4 Å². The molecule has 2 heterocycles. The summed E-state index contributed by atoms with van der Waals surface area (Å²) < 4.78 is 1.86. The van der Waals surface area contributed by atoms with Crippen LogP contribution in [-0.2, 0) is 17.9 Å². The van der Waals surface area contributed by atoms with Gasteiger partial charge >= 0.3 is 0 Å². The van der Waals surface area contributed by atoms with E-state index in [2.05, 4.69) is 25.7 Å². The second kappa shape index (κ2) is 9.08. The van der Waals surface area contributed by atoms with Crippen LogP contribution in [0.3, 0.4) is 0 Å². The Morgan fingerprint density at radius 3 is 3.12 bits per heavy atom. The molecule has 3 rings (SSSR count). The minimum absolute atomic E-state index is 0.00749. The van der Waals surface area contributed by atoms with E-state index in [0.29, 0.717) is 19.1 Å². The fourth-order valence-corrected chi connectivity index (χ4v) is 2.36. The Morgan fingerprint density at radius 2 is 2.32 bits per heavy atom. The van der Waals surface area contributed by atoms with Gasteiger partial charge in [-0.05, 0) is 43.0 Å². The standard InChI is InChI=1S/C18H24N6O/c25-18(21-6-1-9-24-10-2-7-23-24)14-19-13-17-11-15(5-8-20-17)12-22-16-3-4-16/h2,5,7-8,10-12,16,19H,1,3-4,6,9,13-14H2,(H,21,25)/b22-12+. The third kappa shape index (κ3) is 6.46. The van der Waals surface area contributed by atoms with E-state index in [4.69, 9.17) is 0 Å². The summed E-state index contributed by atoms with van der Waals surface area (Å²) in [4.78, 5) is 20.6. The third-order valence-electron chi connectivity index (χ3n) is 3.86. The molecule has 2 aromatic rings. The van der Waals surface area contributed by atoms with Crippen LogP contribution in [0.4, 0.5) is 0 Å². The monoisotopic (exact) mass is 340 g/mol. The molecule has 1 amide bonds. The molecule has 0 saturated heterocycles. The first kappa shape index (κ1) is 17.3. The number of nitrogens with zero attached hydrogens (tertiary/aromatic N) is 4. The number of pyridine rings is 1. The summed E-state index contributed by atoms with van der Waals surface area (Å²) in [5, 5.41) is 10.1. The second-order valence-electron chi connectivity index (χ2n) is 6.17. The number of amides is 1. The van der Waals surface area contributed by atoms with Crippen molar-refractivity contribution in [2.45, 2.75) is 38.4 Å². The van der Waals surface area contributed by atoms with Crippen LogP contribution in [0, 0.1) is 0 Å². The number of nitrogens with one attached hydrogen (secondary N) is 2. The molecular weight excluding hydrogens is 316 g/mol. The van der Waals surface area contributed by atoms with Crippen LogP contribution in [0.2, 0.25) is 0 Å². The van der Waals surface area contributed by atoms with Crippen molar-refractivity contribution in [1.82, 2.24) is 25.4 Å². The topological polar surface area (TPSA) is 84.2 Å². The van der Waals surface area contributed by atoms with Crippen LogP contribution < -0.4 is 10.6 Å². The van der Waals surface area contributed by atoms with Gasteiger partial charge in [0.25, 0.3) is 0 Å².